The van der Waals surface area contributed by atoms with E-state index in [-0.39, 0.29) is 30.0 Å². The zero-order chi connectivity index (χ0) is 16.4. The zero-order valence-corrected chi connectivity index (χ0v) is 16.8. The minimum Gasteiger partial charge on any atom is -0.469 e. The van der Waals surface area contributed by atoms with E-state index >= 15 is 0 Å². The summed E-state index contributed by atoms with van der Waals surface area (Å²) in [4.78, 5) is 9.32. The van der Waals surface area contributed by atoms with Crippen LogP contribution in [0.4, 0.5) is 0 Å². The van der Waals surface area contributed by atoms with Gasteiger partial charge < -0.3 is 15.1 Å². The van der Waals surface area contributed by atoms with E-state index in [9.17, 15) is 0 Å². The van der Waals surface area contributed by atoms with Crippen molar-refractivity contribution in [3.05, 3.63) is 35.8 Å². The first-order chi connectivity index (χ1) is 11.8. The van der Waals surface area contributed by atoms with E-state index in [4.69, 9.17) is 9.41 Å². The second-order valence-electron chi connectivity index (χ2n) is 6.56. The van der Waals surface area contributed by atoms with Crippen LogP contribution < -0.4 is 10.6 Å². The number of aliphatic imine (C=N–C) groups is 1. The lowest BCUT2D eigenvalue weighted by atomic mass is 10.1. The fourth-order valence-electron chi connectivity index (χ4n) is 3.06. The van der Waals surface area contributed by atoms with Gasteiger partial charge in [-0.1, -0.05) is 0 Å². The maximum absolute atomic E-state index is 5.38. The van der Waals surface area contributed by atoms with Crippen molar-refractivity contribution in [1.82, 2.24) is 25.4 Å². The molecule has 0 spiro atoms. The topological polar surface area (TPSA) is 80.3 Å². The quantitative estimate of drug-likeness (QED) is 0.411. The van der Waals surface area contributed by atoms with E-state index in [0.29, 0.717) is 12.6 Å². The third kappa shape index (κ3) is 4.74. The average Bonchev–Trinajstić information content (AvgIpc) is 3.07. The molecule has 1 aliphatic heterocycles. The number of hydrogen-bond donors (Lipinski definition) is 2. The number of aromatic nitrogens is 3. The number of guanidine groups is 1. The largest absolute Gasteiger partial charge is 0.469 e. The zero-order valence-electron chi connectivity index (χ0n) is 14.4. The lowest BCUT2D eigenvalue weighted by Crippen LogP contribution is -2.42. The van der Waals surface area contributed by atoms with Gasteiger partial charge in [-0.05, 0) is 44.7 Å². The van der Waals surface area contributed by atoms with E-state index in [0.717, 1.165) is 49.2 Å². The van der Waals surface area contributed by atoms with Crippen molar-refractivity contribution in [2.75, 3.05) is 6.54 Å². The summed E-state index contributed by atoms with van der Waals surface area (Å²) in [5, 5.41) is 11.5. The Morgan fingerprint density at radius 1 is 1.36 bits per heavy atom. The number of rotatable bonds is 5. The van der Waals surface area contributed by atoms with Crippen molar-refractivity contribution in [1.29, 1.82) is 0 Å². The van der Waals surface area contributed by atoms with Crippen LogP contribution in [0.1, 0.15) is 49.1 Å². The smallest absolute Gasteiger partial charge is 0.192 e. The lowest BCUT2D eigenvalue weighted by Gasteiger charge is -2.25. The van der Waals surface area contributed by atoms with Gasteiger partial charge in [0.25, 0.3) is 0 Å². The molecule has 8 heteroatoms. The van der Waals surface area contributed by atoms with Gasteiger partial charge in [0, 0.05) is 25.6 Å². The molecule has 0 radical (unpaired) electrons. The minimum absolute atomic E-state index is 0. The Labute approximate surface area is 164 Å². The highest BCUT2D eigenvalue weighted by atomic mass is 127. The first kappa shape index (κ1) is 18.2. The average molecular weight is 456 g/mol. The Morgan fingerprint density at radius 3 is 3.00 bits per heavy atom. The second kappa shape index (κ2) is 8.20. The van der Waals surface area contributed by atoms with E-state index < -0.39 is 0 Å². The Kier molecular flexibility index (Phi) is 5.98. The first-order valence-electron chi connectivity index (χ1n) is 8.79. The molecule has 1 fully saturated rings. The monoisotopic (exact) mass is 456 g/mol. The fourth-order valence-corrected chi connectivity index (χ4v) is 3.06. The number of hydrogen-bond acceptors (Lipinski definition) is 4. The number of furan rings is 1. The highest BCUT2D eigenvalue weighted by Gasteiger charge is 2.27. The van der Waals surface area contributed by atoms with Crippen LogP contribution >= 0.6 is 24.0 Å². The summed E-state index contributed by atoms with van der Waals surface area (Å²) >= 11 is 0. The third-order valence-electron chi connectivity index (χ3n) is 4.42. The molecule has 2 aromatic heterocycles. The standard InChI is InChI=1S/C17H24N6O.HI/c1-12-19-16-15(5-2-10-23(16)22-12)21-17(20-13-6-7-13)18-9-8-14-4-3-11-24-14;/h3-4,11,13,15H,2,5-10H2,1H3,(H2,18,20,21);1H. The van der Waals surface area contributed by atoms with Gasteiger partial charge in [0.2, 0.25) is 0 Å². The van der Waals surface area contributed by atoms with Gasteiger partial charge in [-0.2, -0.15) is 5.10 Å². The van der Waals surface area contributed by atoms with Crippen LogP contribution in [-0.2, 0) is 13.0 Å². The van der Waals surface area contributed by atoms with Crippen molar-refractivity contribution in [3.8, 4) is 0 Å². The van der Waals surface area contributed by atoms with Crippen LogP contribution in [0.15, 0.2) is 27.8 Å². The molecule has 0 amide bonds. The van der Waals surface area contributed by atoms with Crippen molar-refractivity contribution in [2.45, 2.75) is 57.7 Å². The van der Waals surface area contributed by atoms with Crippen molar-refractivity contribution in [3.63, 3.8) is 0 Å². The maximum Gasteiger partial charge on any atom is 0.192 e. The predicted molar refractivity (Wildman–Crippen MR) is 106 cm³/mol. The molecule has 0 saturated heterocycles. The number of fused-ring (bicyclic) bond motifs is 1. The maximum atomic E-state index is 5.38. The van der Waals surface area contributed by atoms with Crippen LogP contribution in [-0.4, -0.2) is 33.3 Å². The summed E-state index contributed by atoms with van der Waals surface area (Å²) in [5.74, 6) is 3.71. The van der Waals surface area contributed by atoms with E-state index in [2.05, 4.69) is 20.7 Å². The van der Waals surface area contributed by atoms with Crippen LogP contribution in [0, 0.1) is 6.92 Å². The molecule has 0 aromatic carbocycles. The highest BCUT2D eigenvalue weighted by molar-refractivity contribution is 14.0. The molecule has 1 saturated carbocycles. The minimum atomic E-state index is 0. The van der Waals surface area contributed by atoms with Crippen LogP contribution in [0.3, 0.4) is 0 Å². The summed E-state index contributed by atoms with van der Waals surface area (Å²) < 4.78 is 7.40. The van der Waals surface area contributed by atoms with Gasteiger partial charge in [0.05, 0.1) is 12.3 Å². The molecule has 1 atom stereocenters. The molecular formula is C17H25IN6O. The second-order valence-corrected chi connectivity index (χ2v) is 6.56. The predicted octanol–water partition coefficient (Wildman–Crippen LogP) is 2.57. The Morgan fingerprint density at radius 2 is 2.24 bits per heavy atom. The lowest BCUT2D eigenvalue weighted by molar-refractivity contribution is 0.397. The first-order valence-corrected chi connectivity index (χ1v) is 8.79. The molecule has 2 aromatic rings. The van der Waals surface area contributed by atoms with E-state index in [1.807, 2.05) is 23.7 Å². The Hall–Kier alpha value is -1.58. The number of nitrogens with one attached hydrogen (secondary N) is 2. The molecule has 7 nitrogen and oxygen atoms in total. The molecular weight excluding hydrogens is 431 g/mol. The molecule has 2 N–H and O–H groups in total. The molecule has 0 bridgehead atoms. The Balaban J connectivity index is 0.00000182. The fraction of sp³-hybridized carbons (Fsp3) is 0.588. The molecule has 25 heavy (non-hydrogen) atoms. The van der Waals surface area contributed by atoms with Gasteiger partial charge in [-0.15, -0.1) is 24.0 Å². The normalized spacial score (nSPS) is 19.9. The van der Waals surface area contributed by atoms with Crippen molar-refractivity contribution in [2.24, 2.45) is 4.99 Å². The van der Waals surface area contributed by atoms with Crippen LogP contribution in [0.2, 0.25) is 0 Å². The third-order valence-corrected chi connectivity index (χ3v) is 4.42. The number of halogens is 1. The summed E-state index contributed by atoms with van der Waals surface area (Å²) in [6.45, 7) is 3.60. The van der Waals surface area contributed by atoms with E-state index in [1.165, 1.54) is 12.8 Å². The summed E-state index contributed by atoms with van der Waals surface area (Å²) in [7, 11) is 0. The number of aryl methyl sites for hydroxylation is 2. The van der Waals surface area contributed by atoms with Gasteiger partial charge >= 0.3 is 0 Å². The summed E-state index contributed by atoms with van der Waals surface area (Å²) in [6.07, 6.45) is 7.12. The van der Waals surface area contributed by atoms with Gasteiger partial charge in [-0.25, -0.2) is 9.67 Å². The molecule has 2 aliphatic rings. The molecule has 136 valence electrons. The van der Waals surface area contributed by atoms with Gasteiger partial charge in [0.15, 0.2) is 5.96 Å². The van der Waals surface area contributed by atoms with Crippen LogP contribution in [0.25, 0.3) is 0 Å². The van der Waals surface area contributed by atoms with Crippen molar-refractivity contribution >= 4 is 29.9 Å². The Bertz CT molecular complexity index is 707. The molecule has 1 unspecified atom stereocenters. The molecule has 4 rings (SSSR count). The van der Waals surface area contributed by atoms with Crippen LogP contribution in [0.5, 0.6) is 0 Å². The number of nitrogens with zero attached hydrogens (tertiary/aromatic N) is 4. The molecule has 1 aliphatic carbocycles. The van der Waals surface area contributed by atoms with E-state index in [1.54, 1.807) is 6.26 Å². The highest BCUT2D eigenvalue weighted by Crippen LogP contribution is 2.23. The van der Waals surface area contributed by atoms with Gasteiger partial charge in [-0.3, -0.25) is 4.99 Å². The SMILES string of the molecule is Cc1nc2n(n1)CCCC2NC(=NCCc1ccco1)NC1CC1.I. The summed E-state index contributed by atoms with van der Waals surface area (Å²) in [6, 6.07) is 4.64. The summed E-state index contributed by atoms with van der Waals surface area (Å²) in [5.41, 5.74) is 0. The van der Waals surface area contributed by atoms with Crippen molar-refractivity contribution < 1.29 is 4.42 Å². The molecule has 3 heterocycles. The van der Waals surface area contributed by atoms with Gasteiger partial charge in [0.1, 0.15) is 17.4 Å².